The molecular formula is C42H57N9O7. The van der Waals surface area contributed by atoms with Crippen molar-refractivity contribution in [2.45, 2.75) is 84.8 Å². The molecule has 312 valence electrons. The average molecular weight is 800 g/mol. The number of nitrogens with zero attached hydrogens (tertiary/aromatic N) is 4. The highest BCUT2D eigenvalue weighted by atomic mass is 16.5. The number of hydrogen-bond acceptors (Lipinski definition) is 9. The second-order valence-electron chi connectivity index (χ2n) is 14.4. The molecule has 16 heteroatoms. The van der Waals surface area contributed by atoms with Crippen LogP contribution in [-0.4, -0.2) is 100 Å². The van der Waals surface area contributed by atoms with E-state index < -0.39 is 12.1 Å². The number of likely N-dealkylation sites (N-methyl/N-ethyl adjacent to an activating group) is 1. The summed E-state index contributed by atoms with van der Waals surface area (Å²) in [5, 5.41) is 15.3. The number of carboxylic acid groups (broad SMARTS) is 1. The topological polar surface area (TPSA) is 215 Å². The van der Waals surface area contributed by atoms with Gasteiger partial charge in [0, 0.05) is 30.8 Å². The molecule has 1 fully saturated rings. The molecule has 6 N–H and O–H groups in total. The average Bonchev–Trinajstić information content (AvgIpc) is 4.04. The lowest BCUT2D eigenvalue weighted by Crippen LogP contribution is -2.51. The molecule has 4 aromatic rings. The highest BCUT2D eigenvalue weighted by Gasteiger charge is 2.37. The Morgan fingerprint density at radius 3 is 2.36 bits per heavy atom. The van der Waals surface area contributed by atoms with Gasteiger partial charge in [-0.25, -0.2) is 14.8 Å². The van der Waals surface area contributed by atoms with Crippen LogP contribution in [0.4, 0.5) is 10.5 Å². The Morgan fingerprint density at radius 2 is 1.69 bits per heavy atom. The third-order valence-electron chi connectivity index (χ3n) is 9.68. The molecule has 0 bridgehead atoms. The lowest BCUT2D eigenvalue weighted by molar-refractivity contribution is -0.135. The first kappa shape index (κ1) is 44.7. The van der Waals surface area contributed by atoms with Crippen LogP contribution in [0.2, 0.25) is 0 Å². The number of anilines is 1. The predicted octanol–water partition coefficient (Wildman–Crippen LogP) is 5.45. The van der Waals surface area contributed by atoms with E-state index in [0.29, 0.717) is 37.6 Å². The van der Waals surface area contributed by atoms with E-state index in [-0.39, 0.29) is 36.2 Å². The molecule has 0 saturated carbocycles. The van der Waals surface area contributed by atoms with Crippen molar-refractivity contribution < 1.29 is 33.8 Å². The lowest BCUT2D eigenvalue weighted by Gasteiger charge is -2.30. The zero-order valence-corrected chi connectivity index (χ0v) is 34.3. The standard InChI is InChI=1S/C38H47N9O5.C3H8.CH2O2/c1-23(2)34(45-38(51)52-4)37(50)46-17-7-8-31(46)35-42-20-29(44-35)24-10-13-27(14-11-24)47-22-26-18-25(12-15-28(26)36(47)49)30-19-41-32(43-30)9-5-6-16-40-33(48)21-39-3;1-3-2;2-1-3/h10-15,18-20,23,31,34,39H,5-9,16-17,21-22H2,1-4H3,(H,40,48)(H,41,43)(H,42,44)(H,45,51);3H2,1-2H3;1H,(H,2,3). The van der Waals surface area contributed by atoms with Crippen LogP contribution in [-0.2, 0) is 32.1 Å². The molecule has 0 spiro atoms. The largest absolute Gasteiger partial charge is 0.483 e. The van der Waals surface area contributed by atoms with Crippen LogP contribution >= 0.6 is 0 Å². The van der Waals surface area contributed by atoms with Crippen molar-refractivity contribution in [3.05, 3.63) is 77.6 Å². The number of hydrogen-bond donors (Lipinski definition) is 6. The number of ether oxygens (including phenoxy) is 1. The molecular weight excluding hydrogens is 743 g/mol. The summed E-state index contributed by atoms with van der Waals surface area (Å²) in [6.07, 6.45) is 8.36. The number of imidazole rings is 2. The number of aromatic nitrogens is 4. The van der Waals surface area contributed by atoms with Crippen molar-refractivity contribution in [1.82, 2.24) is 40.8 Å². The van der Waals surface area contributed by atoms with Gasteiger partial charge < -0.3 is 45.6 Å². The molecule has 0 radical (unpaired) electrons. The zero-order chi connectivity index (χ0) is 42.2. The number of methoxy groups -OCH3 is 1. The first-order valence-electron chi connectivity index (χ1n) is 19.8. The summed E-state index contributed by atoms with van der Waals surface area (Å²) >= 11 is 0. The first-order valence-corrected chi connectivity index (χ1v) is 19.8. The van der Waals surface area contributed by atoms with Gasteiger partial charge in [0.15, 0.2) is 0 Å². The van der Waals surface area contributed by atoms with Crippen LogP contribution in [0.1, 0.15) is 93.4 Å². The zero-order valence-electron chi connectivity index (χ0n) is 34.3. The first-order chi connectivity index (χ1) is 28.0. The molecule has 2 aliphatic heterocycles. The molecule has 0 aliphatic carbocycles. The molecule has 58 heavy (non-hydrogen) atoms. The third kappa shape index (κ3) is 11.5. The highest BCUT2D eigenvalue weighted by Crippen LogP contribution is 2.35. The number of unbranched alkanes of at least 4 members (excludes halogenated alkanes) is 1. The van der Waals surface area contributed by atoms with Crippen molar-refractivity contribution in [1.29, 1.82) is 0 Å². The number of likely N-dealkylation sites (tertiary alicyclic amines) is 1. The summed E-state index contributed by atoms with van der Waals surface area (Å²) in [6.45, 7) is 9.78. The smallest absolute Gasteiger partial charge is 0.407 e. The number of rotatable bonds is 14. The molecule has 2 aromatic carbocycles. The van der Waals surface area contributed by atoms with Gasteiger partial charge in [0.05, 0.1) is 50.0 Å². The van der Waals surface area contributed by atoms with Crippen molar-refractivity contribution in [3.8, 4) is 22.5 Å². The van der Waals surface area contributed by atoms with Gasteiger partial charge in [-0.1, -0.05) is 52.3 Å². The number of carbonyl (C=O) groups excluding carboxylic acids is 4. The number of amides is 4. The van der Waals surface area contributed by atoms with Crippen LogP contribution in [0.15, 0.2) is 54.9 Å². The second kappa shape index (κ2) is 22.1. The normalized spacial score (nSPS) is 14.8. The molecule has 2 unspecified atom stereocenters. The van der Waals surface area contributed by atoms with Crippen molar-refractivity contribution in [3.63, 3.8) is 0 Å². The summed E-state index contributed by atoms with van der Waals surface area (Å²) in [5.41, 5.74) is 6.02. The van der Waals surface area contributed by atoms with Crippen LogP contribution < -0.4 is 20.9 Å². The highest BCUT2D eigenvalue weighted by molar-refractivity contribution is 6.10. The molecule has 1 saturated heterocycles. The Kier molecular flexibility index (Phi) is 17.0. The molecule has 6 rings (SSSR count). The van der Waals surface area contributed by atoms with Crippen LogP contribution in [0.3, 0.4) is 0 Å². The van der Waals surface area contributed by atoms with E-state index in [2.05, 4.69) is 49.7 Å². The lowest BCUT2D eigenvalue weighted by atomic mass is 10.0. The molecule has 2 aliphatic rings. The maximum Gasteiger partial charge on any atom is 0.407 e. The predicted molar refractivity (Wildman–Crippen MR) is 221 cm³/mol. The minimum Gasteiger partial charge on any atom is -0.483 e. The van der Waals surface area contributed by atoms with E-state index in [0.717, 1.165) is 71.7 Å². The molecule has 2 atom stereocenters. The van der Waals surface area contributed by atoms with E-state index in [9.17, 15) is 19.2 Å². The van der Waals surface area contributed by atoms with Crippen molar-refractivity contribution in [2.24, 2.45) is 5.92 Å². The van der Waals surface area contributed by atoms with E-state index in [1.165, 1.54) is 13.5 Å². The Balaban J connectivity index is 0.00000117. The van der Waals surface area contributed by atoms with E-state index in [1.807, 2.05) is 62.5 Å². The maximum absolute atomic E-state index is 13.5. The summed E-state index contributed by atoms with van der Waals surface area (Å²) in [4.78, 5) is 78.4. The van der Waals surface area contributed by atoms with Crippen molar-refractivity contribution >= 4 is 36.0 Å². The van der Waals surface area contributed by atoms with Gasteiger partial charge in [-0.3, -0.25) is 19.2 Å². The van der Waals surface area contributed by atoms with Gasteiger partial charge in [0.2, 0.25) is 11.8 Å². The number of carbonyl (C=O) groups is 5. The van der Waals surface area contributed by atoms with Gasteiger partial charge in [0.1, 0.15) is 17.7 Å². The minimum absolute atomic E-state index is 0.00583. The quantitative estimate of drug-likeness (QED) is 0.0701. The summed E-state index contributed by atoms with van der Waals surface area (Å²) < 4.78 is 4.74. The van der Waals surface area contributed by atoms with E-state index >= 15 is 0 Å². The number of aryl methyl sites for hydroxylation is 1. The Hall–Kier alpha value is -6.03. The number of fused-ring (bicyclic) bond motifs is 1. The molecule has 2 aromatic heterocycles. The van der Waals surface area contributed by atoms with E-state index in [4.69, 9.17) is 14.6 Å². The van der Waals surface area contributed by atoms with Crippen molar-refractivity contribution in [2.75, 3.05) is 38.7 Å². The van der Waals surface area contributed by atoms with Gasteiger partial charge >= 0.3 is 6.09 Å². The minimum atomic E-state index is -0.698. The molecule has 4 heterocycles. The van der Waals surface area contributed by atoms with E-state index in [1.54, 1.807) is 23.0 Å². The number of H-pyrrole nitrogens is 2. The molecule has 4 amide bonds. The number of nitrogens with one attached hydrogen (secondary N) is 5. The summed E-state index contributed by atoms with van der Waals surface area (Å²) in [5.74, 6) is 1.27. The monoisotopic (exact) mass is 799 g/mol. The summed E-state index contributed by atoms with van der Waals surface area (Å²) in [7, 11) is 3.03. The fraction of sp³-hybridized carbons (Fsp3) is 0.452. The second-order valence-corrected chi connectivity index (χ2v) is 14.4. The fourth-order valence-electron chi connectivity index (χ4n) is 6.87. The Labute approximate surface area is 339 Å². The van der Waals surface area contributed by atoms with Crippen LogP contribution in [0.25, 0.3) is 22.5 Å². The van der Waals surface area contributed by atoms with Gasteiger partial charge in [-0.15, -0.1) is 0 Å². The van der Waals surface area contributed by atoms with Gasteiger partial charge in [-0.2, -0.15) is 0 Å². The maximum atomic E-state index is 13.5. The summed E-state index contributed by atoms with van der Waals surface area (Å²) in [6, 6.07) is 12.8. The van der Waals surface area contributed by atoms with Gasteiger partial charge in [-0.05, 0) is 79.6 Å². The third-order valence-corrected chi connectivity index (χ3v) is 9.68. The Morgan fingerprint density at radius 1 is 1.02 bits per heavy atom. The Bertz CT molecular complexity index is 1970. The molecule has 16 nitrogen and oxygen atoms in total. The number of aromatic amines is 2. The van der Waals surface area contributed by atoms with Gasteiger partial charge in [0.25, 0.3) is 12.4 Å². The van der Waals surface area contributed by atoms with Crippen LogP contribution in [0, 0.1) is 5.92 Å². The fourth-order valence-corrected chi connectivity index (χ4v) is 6.87. The van der Waals surface area contributed by atoms with Crippen LogP contribution in [0.5, 0.6) is 0 Å². The number of alkyl carbamates (subject to hydrolysis) is 1. The number of benzene rings is 2. The SMILES string of the molecule is CCC.CNCC(=O)NCCCCc1ncc(-c2ccc3c(c2)CN(c2ccc(-c4cnc(C5CCCN5C(=O)C(NC(=O)OC)C(C)C)[nH]4)cc2)C3=O)[nH]1.O=CO.